The average molecular weight is 1000 g/mol. The van der Waals surface area contributed by atoms with E-state index in [1.807, 2.05) is 0 Å². The minimum atomic E-state index is -0.0514. The van der Waals surface area contributed by atoms with E-state index >= 15 is 0 Å². The first-order chi connectivity index (χ1) is 35.8. The van der Waals surface area contributed by atoms with E-state index in [0.29, 0.717) is 5.46 Å². The second-order valence-corrected chi connectivity index (χ2v) is 26.0. The minimum absolute atomic E-state index is 0.0356. The van der Waals surface area contributed by atoms with Gasteiger partial charge in [-0.1, -0.05) is 199 Å². The molecule has 9 rings (SSSR count). The Labute approximate surface area is 460 Å². The lowest BCUT2D eigenvalue weighted by Crippen LogP contribution is -2.34. The molecule has 0 atom stereocenters. The van der Waals surface area contributed by atoms with E-state index in [1.165, 1.54) is 74.0 Å². The van der Waals surface area contributed by atoms with Crippen LogP contribution in [-0.4, -0.2) is 7.85 Å². The van der Waals surface area contributed by atoms with Crippen molar-refractivity contribution in [3.63, 3.8) is 0 Å². The van der Waals surface area contributed by atoms with Crippen LogP contribution in [0.15, 0.2) is 140 Å². The number of fused-ring (bicyclic) bond motifs is 3. The highest BCUT2D eigenvalue weighted by atomic mass is 15.1. The molecule has 76 heavy (non-hydrogen) atoms. The van der Waals surface area contributed by atoms with Gasteiger partial charge in [0, 0.05) is 34.0 Å². The summed E-state index contributed by atoms with van der Waals surface area (Å²) in [5.74, 6) is 0. The molecule has 0 heterocycles. The molecule has 0 saturated heterocycles. The Morgan fingerprint density at radius 2 is 1.24 bits per heavy atom. The zero-order valence-electron chi connectivity index (χ0n) is 49.0. The fraction of sp³-hybridized carbons (Fsp3) is 0.370. The molecular weight excluding hydrogens is 916 g/mol. The highest BCUT2D eigenvalue weighted by Crippen LogP contribution is 2.52. The molecule has 7 aromatic rings. The van der Waals surface area contributed by atoms with Crippen molar-refractivity contribution < 1.29 is 0 Å². The van der Waals surface area contributed by atoms with Crippen molar-refractivity contribution in [1.29, 1.82) is 0 Å². The van der Waals surface area contributed by atoms with Crippen molar-refractivity contribution in [2.75, 3.05) is 10.2 Å². The molecule has 0 bridgehead atoms. The number of hydrogen-bond acceptors (Lipinski definition) is 2. The topological polar surface area (TPSA) is 15.3 Å². The summed E-state index contributed by atoms with van der Waals surface area (Å²) in [6.45, 7) is 45.1. The SMILES string of the molecule is [B]c1c(N(C(=C)/C=C(\CC)c2ccccc2)c2cc(C(C)(C)CCC)c(C)cc2C)cc2ccccc2c1-c1c(Nc2ccc3c(c2)C(C)(C)CCC3(C)C)ccc(-c2cc3c(cc2C)C(C)(C)CCC3(C)C)c1C=C. The fourth-order valence-electron chi connectivity index (χ4n) is 13.4. The van der Waals surface area contributed by atoms with Crippen molar-refractivity contribution in [3.8, 4) is 22.3 Å². The average Bonchev–Trinajstić information content (AvgIpc) is 3.38. The van der Waals surface area contributed by atoms with Crippen LogP contribution in [-0.2, 0) is 27.1 Å². The summed E-state index contributed by atoms with van der Waals surface area (Å²) in [6, 6.07) is 43.4. The molecule has 0 amide bonds. The maximum absolute atomic E-state index is 8.14. The smallest absolute Gasteiger partial charge is 0.117 e. The number of allylic oxidation sites excluding steroid dienone is 2. The minimum Gasteiger partial charge on any atom is -0.355 e. The Morgan fingerprint density at radius 1 is 0.632 bits per heavy atom. The molecule has 1 N–H and O–H groups in total. The third-order valence-electron chi connectivity index (χ3n) is 18.2. The van der Waals surface area contributed by atoms with Crippen LogP contribution < -0.4 is 15.7 Å². The van der Waals surface area contributed by atoms with Gasteiger partial charge in [0.25, 0.3) is 0 Å². The number of aryl methyl sites for hydroxylation is 3. The molecule has 0 saturated carbocycles. The lowest BCUT2D eigenvalue weighted by atomic mass is 9.62. The number of anilines is 4. The van der Waals surface area contributed by atoms with E-state index < -0.39 is 0 Å². The standard InChI is InChI=1S/C73H85BN2/c1-18-34-69(8,9)59-45-64(48(6)39-47(59)5)76(49(7)41-50(19-2)51-26-22-21-23-27-51)65-42-52-28-24-25-29-55(52)67(68(65)74)66-54(20-3)56(57-44-62-60(40-46(57)4)71(12,13)37-38-73(62,16)17)31-33-63(66)75-53-30-32-58-61(43-53)72(14,15)36-35-70(58,10)11/h20-33,39-45,75H,3,7,18-19,34-38H2,1-2,4-6,8-17H3/b50-41+. The van der Waals surface area contributed by atoms with Crippen LogP contribution in [0.5, 0.6) is 0 Å². The molecule has 2 aliphatic carbocycles. The highest BCUT2D eigenvalue weighted by molar-refractivity contribution is 6.43. The van der Waals surface area contributed by atoms with Crippen LogP contribution in [0.3, 0.4) is 0 Å². The molecule has 3 heteroatoms. The number of nitrogens with one attached hydrogen (secondary N) is 1. The maximum Gasteiger partial charge on any atom is 0.117 e. The van der Waals surface area contributed by atoms with Crippen LogP contribution in [0.4, 0.5) is 22.7 Å². The first-order valence-corrected chi connectivity index (χ1v) is 28.4. The molecule has 7 aromatic carbocycles. The van der Waals surface area contributed by atoms with E-state index in [2.05, 4.69) is 241 Å². The first-order valence-electron chi connectivity index (χ1n) is 28.4. The van der Waals surface area contributed by atoms with Crippen LogP contribution in [0.1, 0.15) is 184 Å². The predicted octanol–water partition coefficient (Wildman–Crippen LogP) is 20.2. The number of nitrogens with zero attached hydrogens (tertiary/aromatic N) is 1. The van der Waals surface area contributed by atoms with Gasteiger partial charge in [0.1, 0.15) is 7.85 Å². The van der Waals surface area contributed by atoms with Crippen LogP contribution >= 0.6 is 0 Å². The summed E-state index contributed by atoms with van der Waals surface area (Å²) in [7, 11) is 8.14. The summed E-state index contributed by atoms with van der Waals surface area (Å²) in [5, 5.41) is 6.26. The molecule has 0 fully saturated rings. The van der Waals surface area contributed by atoms with E-state index in [1.54, 1.807) is 0 Å². The Morgan fingerprint density at radius 3 is 1.87 bits per heavy atom. The Kier molecular flexibility index (Phi) is 14.5. The normalized spacial score (nSPS) is 16.4. The zero-order chi connectivity index (χ0) is 54.9. The summed E-state index contributed by atoms with van der Waals surface area (Å²) in [4.78, 5) is 2.36. The largest absolute Gasteiger partial charge is 0.355 e. The monoisotopic (exact) mass is 1000 g/mol. The van der Waals surface area contributed by atoms with Gasteiger partial charge in [-0.05, 0) is 211 Å². The molecule has 2 nitrogen and oxygen atoms in total. The molecule has 390 valence electrons. The molecular formula is C73H85BN2. The van der Waals surface area contributed by atoms with Crippen molar-refractivity contribution >= 4 is 58.5 Å². The first kappa shape index (κ1) is 54.5. The van der Waals surface area contributed by atoms with Gasteiger partial charge in [-0.2, -0.15) is 0 Å². The zero-order valence-corrected chi connectivity index (χ0v) is 49.0. The lowest BCUT2D eigenvalue weighted by molar-refractivity contribution is 0.332. The third-order valence-corrected chi connectivity index (χ3v) is 18.2. The number of benzene rings is 7. The van der Waals surface area contributed by atoms with E-state index in [0.717, 1.165) is 93.6 Å². The van der Waals surface area contributed by atoms with E-state index in [-0.39, 0.29) is 27.1 Å². The van der Waals surface area contributed by atoms with Gasteiger partial charge >= 0.3 is 0 Å². The lowest BCUT2D eigenvalue weighted by Gasteiger charge is -2.42. The summed E-state index contributed by atoms with van der Waals surface area (Å²) in [6.07, 6.45) is 12.0. The summed E-state index contributed by atoms with van der Waals surface area (Å²) < 4.78 is 0. The van der Waals surface area contributed by atoms with E-state index in [9.17, 15) is 0 Å². The van der Waals surface area contributed by atoms with Crippen LogP contribution in [0.25, 0.3) is 44.7 Å². The number of rotatable bonds is 14. The van der Waals surface area contributed by atoms with Gasteiger partial charge < -0.3 is 10.2 Å². The van der Waals surface area contributed by atoms with Crippen molar-refractivity contribution in [1.82, 2.24) is 0 Å². The number of hydrogen-bond donors (Lipinski definition) is 1. The molecule has 2 aliphatic rings. The molecule has 2 radical (unpaired) electrons. The highest BCUT2D eigenvalue weighted by Gasteiger charge is 2.39. The van der Waals surface area contributed by atoms with Crippen molar-refractivity contribution in [2.45, 2.75) is 176 Å². The Bertz CT molecular complexity index is 3440. The van der Waals surface area contributed by atoms with Gasteiger partial charge in [-0.3, -0.25) is 0 Å². The van der Waals surface area contributed by atoms with Gasteiger partial charge in [-0.15, -0.1) is 0 Å². The van der Waals surface area contributed by atoms with Gasteiger partial charge in [0.05, 0.1) is 0 Å². The van der Waals surface area contributed by atoms with Crippen molar-refractivity contribution in [2.24, 2.45) is 0 Å². The Balaban J connectivity index is 1.38. The molecule has 0 unspecified atom stereocenters. The third kappa shape index (κ3) is 9.86. The maximum atomic E-state index is 8.14. The molecule has 0 aliphatic heterocycles. The van der Waals surface area contributed by atoms with E-state index in [4.69, 9.17) is 21.0 Å². The molecule has 0 spiro atoms. The quantitative estimate of drug-likeness (QED) is 0.0863. The Hall–Kier alpha value is -6.32. The second-order valence-electron chi connectivity index (χ2n) is 26.0. The second kappa shape index (κ2) is 20.2. The van der Waals surface area contributed by atoms with Crippen LogP contribution in [0.2, 0.25) is 0 Å². The van der Waals surface area contributed by atoms with Crippen molar-refractivity contribution in [3.05, 3.63) is 196 Å². The predicted molar refractivity (Wildman–Crippen MR) is 335 cm³/mol. The van der Waals surface area contributed by atoms with Gasteiger partial charge in [0.15, 0.2) is 0 Å². The summed E-state index contributed by atoms with van der Waals surface area (Å²) >= 11 is 0. The molecule has 0 aromatic heterocycles. The van der Waals surface area contributed by atoms with Gasteiger partial charge in [-0.25, -0.2) is 0 Å². The fourth-order valence-corrected chi connectivity index (χ4v) is 13.4. The van der Waals surface area contributed by atoms with Crippen LogP contribution in [0, 0.1) is 20.8 Å². The van der Waals surface area contributed by atoms with Gasteiger partial charge in [0.2, 0.25) is 0 Å². The summed E-state index contributed by atoms with van der Waals surface area (Å²) in [5.41, 5.74) is 24.4.